The van der Waals surface area contributed by atoms with Crippen LogP contribution >= 0.6 is 0 Å². The Kier molecular flexibility index (Phi) is 5.13. The third kappa shape index (κ3) is 3.40. The normalized spacial score (nSPS) is 21.9. The number of benzene rings is 2. The van der Waals surface area contributed by atoms with Gasteiger partial charge in [-0.2, -0.15) is 0 Å². The minimum absolute atomic E-state index is 0.00949. The van der Waals surface area contributed by atoms with Crippen molar-refractivity contribution in [2.45, 2.75) is 12.1 Å². The number of carbonyl (C=O) groups excluding carboxylic acids is 1. The number of nitrogens with two attached hydrogens (primary N) is 1. The second-order valence-electron chi connectivity index (χ2n) is 7.14. The average Bonchev–Trinajstić information content (AvgIpc) is 3.27. The maximum atomic E-state index is 13.4. The number of aromatic nitrogens is 1. The molecule has 4 rings (SSSR count). The summed E-state index contributed by atoms with van der Waals surface area (Å²) in [7, 11) is 0. The average molecular weight is 382 g/mol. The molecule has 7 heteroatoms. The Morgan fingerprint density at radius 3 is 2.68 bits per heavy atom. The van der Waals surface area contributed by atoms with Crippen molar-refractivity contribution in [3.8, 4) is 11.1 Å². The number of rotatable bonds is 5. The molecule has 1 saturated heterocycles. The van der Waals surface area contributed by atoms with E-state index in [1.54, 1.807) is 12.1 Å². The van der Waals surface area contributed by atoms with Crippen LogP contribution in [0.15, 0.2) is 48.5 Å². The highest BCUT2D eigenvalue weighted by Gasteiger charge is 2.33. The molecule has 0 radical (unpaired) electrons. The van der Waals surface area contributed by atoms with Gasteiger partial charge in [0.15, 0.2) is 0 Å². The molecular formula is C21H23FN4O2. The van der Waals surface area contributed by atoms with Crippen molar-refractivity contribution < 1.29 is 14.3 Å². The van der Waals surface area contributed by atoms with Gasteiger partial charge >= 0.3 is 0 Å². The van der Waals surface area contributed by atoms with Gasteiger partial charge in [-0.05, 0) is 30.3 Å². The molecule has 2 aromatic carbocycles. The summed E-state index contributed by atoms with van der Waals surface area (Å²) in [6.07, 6.45) is -0.593. The van der Waals surface area contributed by atoms with Gasteiger partial charge in [0.1, 0.15) is 11.5 Å². The quantitative estimate of drug-likeness (QED) is 0.463. The van der Waals surface area contributed by atoms with Gasteiger partial charge in [-0.25, -0.2) is 4.39 Å². The highest BCUT2D eigenvalue weighted by Crippen LogP contribution is 2.32. The van der Waals surface area contributed by atoms with E-state index in [2.05, 4.69) is 15.6 Å². The number of halogens is 1. The zero-order chi connectivity index (χ0) is 19.7. The molecule has 2 heterocycles. The molecule has 1 fully saturated rings. The Labute approximate surface area is 161 Å². The zero-order valence-electron chi connectivity index (χ0n) is 15.3. The van der Waals surface area contributed by atoms with Crippen LogP contribution in [0.2, 0.25) is 0 Å². The smallest absolute Gasteiger partial charge is 0.268 e. The van der Waals surface area contributed by atoms with E-state index in [1.807, 2.05) is 24.3 Å². The van der Waals surface area contributed by atoms with Crippen LogP contribution in [-0.2, 0) is 0 Å². The van der Waals surface area contributed by atoms with E-state index in [-0.39, 0.29) is 30.2 Å². The first-order valence-electron chi connectivity index (χ1n) is 9.35. The number of fused-ring (bicyclic) bond motifs is 1. The molecule has 28 heavy (non-hydrogen) atoms. The highest BCUT2D eigenvalue weighted by atomic mass is 19.1. The summed E-state index contributed by atoms with van der Waals surface area (Å²) in [6.45, 7) is 1.31. The van der Waals surface area contributed by atoms with Crippen LogP contribution in [0, 0.1) is 11.7 Å². The number of aromatic amines is 1. The number of hydrogen-bond acceptors (Lipinski definition) is 4. The number of nitrogens with one attached hydrogen (secondary N) is 3. The van der Waals surface area contributed by atoms with Gasteiger partial charge in [0.05, 0.1) is 12.1 Å². The van der Waals surface area contributed by atoms with E-state index in [1.165, 1.54) is 12.1 Å². The number of amides is 1. The molecule has 3 atom stereocenters. The molecule has 0 aliphatic carbocycles. The summed E-state index contributed by atoms with van der Waals surface area (Å²) in [5, 5.41) is 17.2. The molecule has 3 aromatic rings. The molecule has 0 bridgehead atoms. The Bertz CT molecular complexity index is 986. The van der Waals surface area contributed by atoms with Crippen molar-refractivity contribution in [2.24, 2.45) is 11.7 Å². The zero-order valence-corrected chi connectivity index (χ0v) is 15.3. The monoisotopic (exact) mass is 382 g/mol. The molecule has 146 valence electrons. The van der Waals surface area contributed by atoms with Gasteiger partial charge in [0.2, 0.25) is 0 Å². The second-order valence-corrected chi connectivity index (χ2v) is 7.14. The third-order valence-corrected chi connectivity index (χ3v) is 5.39. The molecule has 1 aliphatic heterocycles. The van der Waals surface area contributed by atoms with Crippen molar-refractivity contribution in [1.29, 1.82) is 0 Å². The molecule has 6 N–H and O–H groups in total. The van der Waals surface area contributed by atoms with E-state index in [9.17, 15) is 14.3 Å². The number of hydrogen-bond donors (Lipinski definition) is 5. The van der Waals surface area contributed by atoms with Gasteiger partial charge < -0.3 is 26.5 Å². The minimum atomic E-state index is -0.593. The minimum Gasteiger partial charge on any atom is -0.391 e. The van der Waals surface area contributed by atoms with Crippen molar-refractivity contribution in [3.63, 3.8) is 0 Å². The molecule has 0 unspecified atom stereocenters. The lowest BCUT2D eigenvalue weighted by molar-refractivity contribution is 0.0916. The van der Waals surface area contributed by atoms with Gasteiger partial charge in [-0.1, -0.05) is 30.3 Å². The van der Waals surface area contributed by atoms with Gasteiger partial charge in [-0.3, -0.25) is 4.79 Å². The standard InChI is InChI=1S/C21H23FN4O2/c22-14-7-5-12(6-8-14)18-15-3-1-2-4-16(15)26-19(18)21(28)25-11-17-20(27)13(9-23)10-24-17/h1-8,13,17,20,24,26-27H,9-11,23H2,(H,25,28)/t13-,17+,20-/m0/s1. The van der Waals surface area contributed by atoms with Crippen LogP contribution in [0.3, 0.4) is 0 Å². The molecular weight excluding hydrogens is 359 g/mol. The molecule has 1 aromatic heterocycles. The summed E-state index contributed by atoms with van der Waals surface area (Å²) in [5.74, 6) is -0.615. The van der Waals surface area contributed by atoms with Crippen LogP contribution in [-0.4, -0.2) is 47.8 Å². The number of aliphatic hydroxyl groups is 1. The Balaban J connectivity index is 1.62. The van der Waals surface area contributed by atoms with Gasteiger partial charge in [0, 0.05) is 35.5 Å². The van der Waals surface area contributed by atoms with E-state index in [4.69, 9.17) is 5.73 Å². The Hall–Kier alpha value is -2.74. The predicted octanol–water partition coefficient (Wildman–Crippen LogP) is 1.61. The Morgan fingerprint density at radius 2 is 1.96 bits per heavy atom. The summed E-state index contributed by atoms with van der Waals surface area (Å²) in [5.41, 5.74) is 8.38. The number of H-pyrrole nitrogens is 1. The fraction of sp³-hybridized carbons (Fsp3) is 0.286. The second kappa shape index (κ2) is 7.71. The van der Waals surface area contributed by atoms with Crippen LogP contribution in [0.1, 0.15) is 10.5 Å². The van der Waals surface area contributed by atoms with Crippen molar-refractivity contribution in [3.05, 3.63) is 60.0 Å². The lowest BCUT2D eigenvalue weighted by Crippen LogP contribution is -2.43. The number of carbonyl (C=O) groups is 1. The fourth-order valence-electron chi connectivity index (χ4n) is 3.81. The molecule has 1 amide bonds. The van der Waals surface area contributed by atoms with Crippen LogP contribution < -0.4 is 16.4 Å². The molecule has 6 nitrogen and oxygen atoms in total. The number of para-hydroxylation sites is 1. The SMILES string of the molecule is NC[C@H]1CN[C@H](CNC(=O)c2[nH]c3ccccc3c2-c2ccc(F)cc2)[C@H]1O. The maximum Gasteiger partial charge on any atom is 0.268 e. The van der Waals surface area contributed by atoms with Crippen molar-refractivity contribution in [2.75, 3.05) is 19.6 Å². The van der Waals surface area contributed by atoms with E-state index in [0.29, 0.717) is 18.8 Å². The van der Waals surface area contributed by atoms with Crippen LogP contribution in [0.25, 0.3) is 22.0 Å². The van der Waals surface area contributed by atoms with E-state index in [0.717, 1.165) is 22.0 Å². The fourth-order valence-corrected chi connectivity index (χ4v) is 3.81. The van der Waals surface area contributed by atoms with Crippen molar-refractivity contribution in [1.82, 2.24) is 15.6 Å². The summed E-state index contributed by atoms with van der Waals surface area (Å²) < 4.78 is 13.4. The van der Waals surface area contributed by atoms with Gasteiger partial charge in [-0.15, -0.1) is 0 Å². The topological polar surface area (TPSA) is 103 Å². The number of aliphatic hydroxyl groups excluding tert-OH is 1. The Morgan fingerprint density at radius 1 is 1.21 bits per heavy atom. The van der Waals surface area contributed by atoms with Gasteiger partial charge in [0.25, 0.3) is 5.91 Å². The highest BCUT2D eigenvalue weighted by molar-refractivity contribution is 6.09. The van der Waals surface area contributed by atoms with Crippen LogP contribution in [0.5, 0.6) is 0 Å². The molecule has 0 spiro atoms. The third-order valence-electron chi connectivity index (χ3n) is 5.39. The van der Waals surface area contributed by atoms with E-state index < -0.39 is 6.10 Å². The summed E-state index contributed by atoms with van der Waals surface area (Å²) >= 11 is 0. The summed E-state index contributed by atoms with van der Waals surface area (Å²) in [6, 6.07) is 13.5. The lowest BCUT2D eigenvalue weighted by atomic mass is 10.0. The first-order chi connectivity index (χ1) is 13.6. The molecule has 1 aliphatic rings. The first kappa shape index (κ1) is 18.6. The largest absolute Gasteiger partial charge is 0.391 e. The first-order valence-corrected chi connectivity index (χ1v) is 9.35. The lowest BCUT2D eigenvalue weighted by Gasteiger charge is -2.18. The maximum absolute atomic E-state index is 13.4. The summed E-state index contributed by atoms with van der Waals surface area (Å²) in [4.78, 5) is 16.1. The predicted molar refractivity (Wildman–Crippen MR) is 106 cm³/mol. The van der Waals surface area contributed by atoms with Crippen molar-refractivity contribution >= 4 is 16.8 Å². The van der Waals surface area contributed by atoms with Crippen LogP contribution in [0.4, 0.5) is 4.39 Å². The van der Waals surface area contributed by atoms with E-state index >= 15 is 0 Å². The molecule has 0 saturated carbocycles.